The van der Waals surface area contributed by atoms with E-state index in [0.717, 1.165) is 0 Å². The highest BCUT2D eigenvalue weighted by atomic mass is 19.1. The smallest absolute Gasteiger partial charge is 0.167 e. The van der Waals surface area contributed by atoms with Crippen LogP contribution in [0.15, 0.2) is 66.7 Å². The summed E-state index contributed by atoms with van der Waals surface area (Å²) in [6, 6.07) is 17.4. The summed E-state index contributed by atoms with van der Waals surface area (Å²) >= 11 is 0. The first kappa shape index (κ1) is 27.5. The first-order valence-electron chi connectivity index (χ1n) is 12.9. The molecule has 0 unspecified atom stereocenters. The summed E-state index contributed by atoms with van der Waals surface area (Å²) < 4.78 is 14.8. The second-order valence-corrected chi connectivity index (χ2v) is 10.6. The monoisotopic (exact) mass is 518 g/mol. The van der Waals surface area contributed by atoms with Gasteiger partial charge in [-0.05, 0) is 69.4 Å². The van der Waals surface area contributed by atoms with Gasteiger partial charge in [0.05, 0.1) is 0 Å². The fourth-order valence-corrected chi connectivity index (χ4v) is 5.48. The van der Waals surface area contributed by atoms with E-state index in [4.69, 9.17) is 0 Å². The number of likely N-dealkylation sites (N-methyl/N-ethyl adjacent to an activating group) is 1. The van der Waals surface area contributed by atoms with E-state index >= 15 is 0 Å². The van der Waals surface area contributed by atoms with Crippen LogP contribution in [-0.4, -0.2) is 71.4 Å². The molecule has 0 bridgehead atoms. The first-order chi connectivity index (χ1) is 18.1. The summed E-state index contributed by atoms with van der Waals surface area (Å²) in [6.07, 6.45) is 0. The molecule has 38 heavy (non-hydrogen) atoms. The average Bonchev–Trinajstić information content (AvgIpc) is 2.89. The topological polar surface area (TPSA) is 81.1 Å². The normalized spacial score (nSPS) is 19.4. The number of piperidine rings is 1. The Morgan fingerprint density at radius 3 is 1.89 bits per heavy atom. The Balaban J connectivity index is 1.86. The highest BCUT2D eigenvalue weighted by Crippen LogP contribution is 2.42. The van der Waals surface area contributed by atoms with Crippen molar-refractivity contribution in [1.82, 2.24) is 9.80 Å². The van der Waals surface area contributed by atoms with E-state index in [1.807, 2.05) is 14.1 Å². The molecule has 0 aromatic heterocycles. The number of nitrogens with zero attached hydrogens (tertiary/aromatic N) is 2. The van der Waals surface area contributed by atoms with E-state index in [1.165, 1.54) is 30.3 Å². The maximum Gasteiger partial charge on any atom is 0.167 e. The minimum atomic E-state index is -0.660. The van der Waals surface area contributed by atoms with Crippen LogP contribution in [0.2, 0.25) is 0 Å². The molecule has 4 rings (SSSR count). The standard InChI is InChI=1S/C31H35FN2O4/c1-19(33(3)4)16-34-17-26(30(37)21-8-5-10-23(35)14-21)29(25-12-7-13-28(32)20(25)2)27(18-34)31(38)22-9-6-11-24(36)15-22/h5-15,19,26-27,29,35-36H,16-18H2,1-4H3/t19-,26-,27-/m0/s1. The molecule has 1 aliphatic rings. The van der Waals surface area contributed by atoms with Crippen molar-refractivity contribution < 1.29 is 24.2 Å². The van der Waals surface area contributed by atoms with Crippen molar-refractivity contribution in [2.45, 2.75) is 25.8 Å². The molecule has 0 saturated carbocycles. The molecule has 0 amide bonds. The summed E-state index contributed by atoms with van der Waals surface area (Å²) in [6.45, 7) is 5.17. The molecule has 0 spiro atoms. The van der Waals surface area contributed by atoms with Crippen LogP contribution < -0.4 is 0 Å². The summed E-state index contributed by atoms with van der Waals surface area (Å²) in [5.41, 5.74) is 1.73. The fourth-order valence-electron chi connectivity index (χ4n) is 5.48. The Bertz CT molecular complexity index is 1260. The minimum Gasteiger partial charge on any atom is -0.508 e. The number of ketones is 2. The van der Waals surface area contributed by atoms with Gasteiger partial charge in [-0.25, -0.2) is 4.39 Å². The predicted octanol–water partition coefficient (Wildman–Crippen LogP) is 4.89. The molecule has 6 nitrogen and oxygen atoms in total. The number of carbonyl (C=O) groups is 2. The Hall–Kier alpha value is -3.55. The molecular formula is C31H35FN2O4. The van der Waals surface area contributed by atoms with Gasteiger partial charge < -0.3 is 20.0 Å². The van der Waals surface area contributed by atoms with Crippen LogP contribution in [0, 0.1) is 24.6 Å². The third-order valence-electron chi connectivity index (χ3n) is 7.78. The van der Waals surface area contributed by atoms with E-state index in [0.29, 0.717) is 41.9 Å². The molecule has 200 valence electrons. The van der Waals surface area contributed by atoms with Crippen LogP contribution >= 0.6 is 0 Å². The maximum absolute atomic E-state index is 14.8. The average molecular weight is 519 g/mol. The van der Waals surface area contributed by atoms with Gasteiger partial charge in [0.15, 0.2) is 11.6 Å². The third-order valence-corrected chi connectivity index (χ3v) is 7.78. The molecular weight excluding hydrogens is 483 g/mol. The number of hydrogen-bond donors (Lipinski definition) is 2. The van der Waals surface area contributed by atoms with Crippen molar-refractivity contribution in [1.29, 1.82) is 0 Å². The summed E-state index contributed by atoms with van der Waals surface area (Å²) in [7, 11) is 3.97. The lowest BCUT2D eigenvalue weighted by Crippen LogP contribution is -2.53. The second kappa shape index (κ2) is 11.5. The number of hydrogen-bond acceptors (Lipinski definition) is 6. The zero-order valence-electron chi connectivity index (χ0n) is 22.3. The number of carbonyl (C=O) groups excluding carboxylic acids is 2. The lowest BCUT2D eigenvalue weighted by atomic mass is 9.67. The molecule has 2 N–H and O–H groups in total. The largest absolute Gasteiger partial charge is 0.508 e. The van der Waals surface area contributed by atoms with E-state index in [-0.39, 0.29) is 29.1 Å². The van der Waals surface area contributed by atoms with Crippen molar-refractivity contribution in [3.05, 3.63) is 94.8 Å². The molecule has 3 aromatic rings. The quantitative estimate of drug-likeness (QED) is 0.413. The second-order valence-electron chi connectivity index (χ2n) is 10.6. The fraction of sp³-hybridized carbons (Fsp3) is 0.355. The molecule has 7 heteroatoms. The highest BCUT2D eigenvalue weighted by Gasteiger charge is 2.45. The van der Waals surface area contributed by atoms with Crippen molar-refractivity contribution in [3.63, 3.8) is 0 Å². The van der Waals surface area contributed by atoms with E-state index in [1.54, 1.807) is 43.3 Å². The predicted molar refractivity (Wildman–Crippen MR) is 145 cm³/mol. The molecule has 3 atom stereocenters. The molecule has 0 radical (unpaired) electrons. The van der Waals surface area contributed by atoms with Crippen LogP contribution in [0.1, 0.15) is 44.7 Å². The highest BCUT2D eigenvalue weighted by molar-refractivity contribution is 6.02. The SMILES string of the molecule is Cc1c(F)cccc1C1[C@@H](C(=O)c2cccc(O)c2)CN(C[C@H](C)N(C)C)C[C@@H]1C(=O)c1cccc(O)c1. The summed E-state index contributed by atoms with van der Waals surface area (Å²) in [5.74, 6) is -2.75. The van der Waals surface area contributed by atoms with Gasteiger partial charge in [-0.15, -0.1) is 0 Å². The van der Waals surface area contributed by atoms with Gasteiger partial charge in [-0.3, -0.25) is 9.59 Å². The number of phenols is 2. The van der Waals surface area contributed by atoms with Gasteiger partial charge in [0.1, 0.15) is 17.3 Å². The number of aromatic hydroxyl groups is 2. The van der Waals surface area contributed by atoms with E-state index in [2.05, 4.69) is 16.7 Å². The van der Waals surface area contributed by atoms with Gasteiger partial charge in [0, 0.05) is 54.6 Å². The van der Waals surface area contributed by atoms with Crippen LogP contribution in [-0.2, 0) is 0 Å². The Morgan fingerprint density at radius 2 is 1.42 bits per heavy atom. The van der Waals surface area contributed by atoms with Crippen LogP contribution in [0.5, 0.6) is 11.5 Å². The molecule has 3 aromatic carbocycles. The Kier molecular flexibility index (Phi) is 8.29. The minimum absolute atomic E-state index is 0.0179. The van der Waals surface area contributed by atoms with E-state index < -0.39 is 23.6 Å². The zero-order valence-corrected chi connectivity index (χ0v) is 22.3. The Morgan fingerprint density at radius 1 is 0.921 bits per heavy atom. The van der Waals surface area contributed by atoms with Gasteiger partial charge in [0.25, 0.3) is 0 Å². The number of Topliss-reactive ketones (excluding diaryl/α,β-unsaturated/α-hetero) is 2. The van der Waals surface area contributed by atoms with Gasteiger partial charge >= 0.3 is 0 Å². The zero-order chi connectivity index (χ0) is 27.6. The summed E-state index contributed by atoms with van der Waals surface area (Å²) in [5, 5.41) is 20.2. The van der Waals surface area contributed by atoms with E-state index in [9.17, 15) is 24.2 Å². The summed E-state index contributed by atoms with van der Waals surface area (Å²) in [4.78, 5) is 32.3. The van der Waals surface area contributed by atoms with Gasteiger partial charge in [0.2, 0.25) is 0 Å². The first-order valence-corrected chi connectivity index (χ1v) is 12.9. The van der Waals surface area contributed by atoms with Crippen molar-refractivity contribution >= 4 is 11.6 Å². The number of phenolic OH excluding ortho intramolecular Hbond substituents is 2. The molecule has 1 saturated heterocycles. The lowest BCUT2D eigenvalue weighted by molar-refractivity contribution is 0.0518. The Labute approximate surface area is 223 Å². The third kappa shape index (κ3) is 5.79. The molecule has 1 aliphatic heterocycles. The number of rotatable bonds is 8. The molecule has 1 heterocycles. The molecule has 1 fully saturated rings. The van der Waals surface area contributed by atoms with Crippen molar-refractivity contribution in [2.24, 2.45) is 11.8 Å². The van der Waals surface area contributed by atoms with Crippen LogP contribution in [0.4, 0.5) is 4.39 Å². The van der Waals surface area contributed by atoms with Crippen LogP contribution in [0.3, 0.4) is 0 Å². The number of likely N-dealkylation sites (tertiary alicyclic amines) is 1. The van der Waals surface area contributed by atoms with Gasteiger partial charge in [-0.2, -0.15) is 0 Å². The maximum atomic E-state index is 14.8. The number of halogens is 1. The van der Waals surface area contributed by atoms with Crippen LogP contribution in [0.25, 0.3) is 0 Å². The van der Waals surface area contributed by atoms with Crippen molar-refractivity contribution in [3.8, 4) is 11.5 Å². The lowest BCUT2D eigenvalue weighted by Gasteiger charge is -2.44. The number of benzene rings is 3. The van der Waals surface area contributed by atoms with Gasteiger partial charge in [-0.1, -0.05) is 36.4 Å². The van der Waals surface area contributed by atoms with Crippen molar-refractivity contribution in [2.75, 3.05) is 33.7 Å². The molecule has 0 aliphatic carbocycles.